The molecule has 3 heterocycles. The lowest BCUT2D eigenvalue weighted by atomic mass is 9.58. The van der Waals surface area contributed by atoms with Crippen molar-refractivity contribution in [3.05, 3.63) is 11.6 Å². The highest BCUT2D eigenvalue weighted by Gasteiger charge is 2.66. The van der Waals surface area contributed by atoms with E-state index in [1.807, 2.05) is 13.8 Å². The van der Waals surface area contributed by atoms with Crippen molar-refractivity contribution in [2.45, 2.75) is 90.1 Å². The molecule has 3 unspecified atom stereocenters. The first kappa shape index (κ1) is 19.0. The van der Waals surface area contributed by atoms with E-state index in [2.05, 4.69) is 19.9 Å². The monoisotopic (exact) mass is 376 g/mol. The average molecular weight is 376 g/mol. The van der Waals surface area contributed by atoms with Crippen molar-refractivity contribution < 1.29 is 23.8 Å². The zero-order chi connectivity index (χ0) is 19.6. The summed E-state index contributed by atoms with van der Waals surface area (Å²) >= 11 is 0. The third kappa shape index (κ3) is 2.93. The molecule has 3 fully saturated rings. The predicted octanol–water partition coefficient (Wildman–Crippen LogP) is 3.80. The van der Waals surface area contributed by atoms with Crippen molar-refractivity contribution in [2.24, 2.45) is 23.7 Å². The minimum absolute atomic E-state index is 0.00942. The van der Waals surface area contributed by atoms with Crippen LogP contribution in [0.3, 0.4) is 0 Å². The average Bonchev–Trinajstić information content (AvgIpc) is 2.93. The van der Waals surface area contributed by atoms with Crippen LogP contribution < -0.4 is 0 Å². The van der Waals surface area contributed by atoms with E-state index in [0.717, 1.165) is 32.1 Å². The lowest BCUT2D eigenvalue weighted by molar-refractivity contribution is -0.180. The first-order valence-electron chi connectivity index (χ1n) is 10.4. The fourth-order valence-corrected chi connectivity index (χ4v) is 6.41. The number of hydrogen-bond donors (Lipinski definition) is 0. The van der Waals surface area contributed by atoms with Gasteiger partial charge in [-0.15, -0.1) is 0 Å². The molecule has 1 saturated carbocycles. The van der Waals surface area contributed by atoms with Crippen molar-refractivity contribution in [3.63, 3.8) is 0 Å². The van der Waals surface area contributed by atoms with Crippen molar-refractivity contribution >= 4 is 11.9 Å². The summed E-state index contributed by atoms with van der Waals surface area (Å²) in [6, 6.07) is 0. The zero-order valence-electron chi connectivity index (χ0n) is 17.1. The summed E-state index contributed by atoms with van der Waals surface area (Å²) < 4.78 is 18.7. The Morgan fingerprint density at radius 2 is 2.04 bits per heavy atom. The van der Waals surface area contributed by atoms with Crippen molar-refractivity contribution in [3.8, 4) is 0 Å². The van der Waals surface area contributed by atoms with Crippen LogP contribution in [-0.2, 0) is 23.8 Å². The Kier molecular flexibility index (Phi) is 4.45. The molecule has 0 aromatic heterocycles. The maximum Gasteiger partial charge on any atom is 0.309 e. The molecule has 0 aromatic carbocycles. The van der Waals surface area contributed by atoms with Gasteiger partial charge in [0.25, 0.3) is 0 Å². The Morgan fingerprint density at radius 1 is 1.30 bits per heavy atom. The fourth-order valence-electron chi connectivity index (χ4n) is 6.41. The minimum atomic E-state index is -0.632. The lowest BCUT2D eigenvalue weighted by Gasteiger charge is -2.48. The molecule has 8 atom stereocenters. The van der Waals surface area contributed by atoms with E-state index in [9.17, 15) is 9.59 Å². The van der Waals surface area contributed by atoms with Crippen LogP contribution in [-0.4, -0.2) is 35.3 Å². The number of carbonyl (C=O) groups excluding carboxylic acids is 2. The molecule has 5 nitrogen and oxygen atoms in total. The van der Waals surface area contributed by atoms with Gasteiger partial charge in [0.1, 0.15) is 17.3 Å². The lowest BCUT2D eigenvalue weighted by Crippen LogP contribution is -2.54. The Morgan fingerprint density at radius 3 is 2.74 bits per heavy atom. The Hall–Kier alpha value is -1.36. The van der Waals surface area contributed by atoms with Crippen LogP contribution in [0.15, 0.2) is 11.6 Å². The third-order valence-corrected chi connectivity index (χ3v) is 7.64. The van der Waals surface area contributed by atoms with Gasteiger partial charge in [-0.1, -0.05) is 18.6 Å². The van der Waals surface area contributed by atoms with E-state index in [-0.39, 0.29) is 47.8 Å². The molecule has 2 saturated heterocycles. The summed E-state index contributed by atoms with van der Waals surface area (Å²) in [6.07, 6.45) is 6.22. The number of ether oxygens (including phenoxy) is 3. The molecule has 0 aromatic rings. The van der Waals surface area contributed by atoms with Crippen LogP contribution in [0, 0.1) is 23.7 Å². The van der Waals surface area contributed by atoms with E-state index >= 15 is 0 Å². The van der Waals surface area contributed by atoms with Gasteiger partial charge >= 0.3 is 11.9 Å². The number of esters is 2. The van der Waals surface area contributed by atoms with Gasteiger partial charge in [0.05, 0.1) is 12.0 Å². The van der Waals surface area contributed by atoms with E-state index in [0.29, 0.717) is 0 Å². The van der Waals surface area contributed by atoms with Crippen LogP contribution in [0.2, 0.25) is 0 Å². The molecule has 5 heteroatoms. The molecule has 2 bridgehead atoms. The van der Waals surface area contributed by atoms with Gasteiger partial charge in [-0.3, -0.25) is 9.59 Å². The number of fused-ring (bicyclic) bond motifs is 2. The molecule has 0 N–H and O–H groups in total. The summed E-state index contributed by atoms with van der Waals surface area (Å²) in [5.74, 6) is -0.0260. The maximum absolute atomic E-state index is 12.8. The van der Waals surface area contributed by atoms with E-state index < -0.39 is 11.2 Å². The van der Waals surface area contributed by atoms with Crippen molar-refractivity contribution in [1.29, 1.82) is 0 Å². The molecule has 150 valence electrons. The minimum Gasteiger partial charge on any atom is -0.459 e. The summed E-state index contributed by atoms with van der Waals surface area (Å²) in [4.78, 5) is 24.8. The third-order valence-electron chi connectivity index (χ3n) is 7.64. The number of carbonyl (C=O) groups is 2. The summed E-state index contributed by atoms with van der Waals surface area (Å²) in [6.45, 7) is 9.73. The highest BCUT2D eigenvalue weighted by Crippen LogP contribution is 2.59. The van der Waals surface area contributed by atoms with Crippen LogP contribution >= 0.6 is 0 Å². The van der Waals surface area contributed by atoms with Crippen LogP contribution in [0.4, 0.5) is 0 Å². The number of hydrogen-bond acceptors (Lipinski definition) is 5. The SMILES string of the molecule is CC(=O)O[C@]1(C)CCC2[C@@H]3C4OC(C/C(C)=C\CC[C@]4(C)OC(=O)[C@@H]2C)[C@@H]31. The second kappa shape index (κ2) is 6.33. The smallest absolute Gasteiger partial charge is 0.309 e. The van der Waals surface area contributed by atoms with Crippen molar-refractivity contribution in [2.75, 3.05) is 0 Å². The van der Waals surface area contributed by atoms with E-state index in [1.54, 1.807) is 0 Å². The Bertz CT molecular complexity index is 684. The topological polar surface area (TPSA) is 61.8 Å². The predicted molar refractivity (Wildman–Crippen MR) is 99.8 cm³/mol. The fraction of sp³-hybridized carbons (Fsp3) is 0.818. The van der Waals surface area contributed by atoms with Crippen LogP contribution in [0.5, 0.6) is 0 Å². The highest BCUT2D eigenvalue weighted by molar-refractivity contribution is 5.73. The molecule has 0 amide bonds. The molecule has 1 aliphatic carbocycles. The molecule has 0 radical (unpaired) electrons. The normalized spacial score (nSPS) is 51.0. The second-order valence-corrected chi connectivity index (χ2v) is 9.62. The van der Waals surface area contributed by atoms with Gasteiger partial charge in [-0.25, -0.2) is 0 Å². The van der Waals surface area contributed by atoms with Crippen molar-refractivity contribution in [1.82, 2.24) is 0 Å². The molecular weight excluding hydrogens is 344 g/mol. The molecule has 4 aliphatic rings. The van der Waals surface area contributed by atoms with Gasteiger partial charge in [0, 0.05) is 18.8 Å². The number of allylic oxidation sites excluding steroid dienone is 1. The van der Waals surface area contributed by atoms with Gasteiger partial charge in [0.15, 0.2) is 0 Å². The zero-order valence-corrected chi connectivity index (χ0v) is 17.1. The standard InChI is InChI=1S/C22H32O5/c1-12-7-6-9-22(5)19-17-15(13(2)20(24)27-22)8-10-21(4,26-14(3)23)18(17)16(11-12)25-19/h7,13,15-19H,6,8-11H2,1-5H3/b12-7-/t13-,15?,16?,17+,18+,19?,21-,22+/m1/s1. The quantitative estimate of drug-likeness (QED) is 0.514. The molecule has 3 aliphatic heterocycles. The van der Waals surface area contributed by atoms with Crippen LogP contribution in [0.1, 0.15) is 66.7 Å². The first-order chi connectivity index (χ1) is 12.6. The summed E-state index contributed by atoms with van der Waals surface area (Å²) in [7, 11) is 0. The van der Waals surface area contributed by atoms with Gasteiger partial charge < -0.3 is 14.2 Å². The summed E-state index contributed by atoms with van der Waals surface area (Å²) in [5.41, 5.74) is 0.113. The van der Waals surface area contributed by atoms with E-state index in [1.165, 1.54) is 12.5 Å². The first-order valence-corrected chi connectivity index (χ1v) is 10.4. The molecule has 27 heavy (non-hydrogen) atoms. The second-order valence-electron chi connectivity index (χ2n) is 9.62. The van der Waals surface area contributed by atoms with E-state index in [4.69, 9.17) is 14.2 Å². The number of rotatable bonds is 1. The highest BCUT2D eigenvalue weighted by atomic mass is 16.6. The molecule has 4 rings (SSSR count). The van der Waals surface area contributed by atoms with Gasteiger partial charge in [-0.2, -0.15) is 0 Å². The maximum atomic E-state index is 12.8. The Balaban J connectivity index is 1.84. The van der Waals surface area contributed by atoms with Gasteiger partial charge in [0.2, 0.25) is 0 Å². The summed E-state index contributed by atoms with van der Waals surface area (Å²) in [5, 5.41) is 0. The van der Waals surface area contributed by atoms with Crippen LogP contribution in [0.25, 0.3) is 0 Å². The molecule has 0 spiro atoms. The largest absolute Gasteiger partial charge is 0.459 e. The van der Waals surface area contributed by atoms with Gasteiger partial charge in [-0.05, 0) is 58.8 Å². The Labute approximate surface area is 161 Å². The molecular formula is C22H32O5.